The highest BCUT2D eigenvalue weighted by molar-refractivity contribution is 7.80. The molecular weight excluding hydrogens is 256 g/mol. The Morgan fingerprint density at radius 1 is 1.37 bits per heavy atom. The number of hydrogen-bond acceptors (Lipinski definition) is 3. The summed E-state index contributed by atoms with van der Waals surface area (Å²) in [6.45, 7) is 4.94. The number of fused-ring (bicyclic) bond motifs is 1. The fourth-order valence-electron chi connectivity index (χ4n) is 1.78. The molecule has 0 spiro atoms. The molecule has 3 nitrogen and oxygen atoms in total. The minimum atomic E-state index is 0.317. The van der Waals surface area contributed by atoms with Crippen LogP contribution in [0, 0.1) is 5.92 Å². The maximum Gasteiger partial charge on any atom is 0.224 e. The maximum atomic E-state index is 5.75. The number of benzene rings is 1. The number of nitrogens with two attached hydrogens (primary N) is 1. The van der Waals surface area contributed by atoms with Gasteiger partial charge in [-0.15, -0.1) is 0 Å². The lowest BCUT2D eigenvalue weighted by atomic mass is 10.1. The van der Waals surface area contributed by atoms with E-state index in [-0.39, 0.29) is 0 Å². The summed E-state index contributed by atoms with van der Waals surface area (Å²) in [7, 11) is 0. The summed E-state index contributed by atoms with van der Waals surface area (Å²) in [5, 5.41) is 1.02. The van der Waals surface area contributed by atoms with Crippen molar-refractivity contribution in [3.8, 4) is 5.88 Å². The van der Waals surface area contributed by atoms with Crippen molar-refractivity contribution in [3.63, 3.8) is 0 Å². The lowest BCUT2D eigenvalue weighted by molar-refractivity contribution is 0.280. The Morgan fingerprint density at radius 2 is 2.11 bits per heavy atom. The number of rotatable bonds is 5. The fraction of sp³-hybridized carbons (Fsp3) is 0.333. The number of thiocarbonyl (C=S) groups is 1. The largest absolute Gasteiger partial charge is 0.477 e. The summed E-state index contributed by atoms with van der Waals surface area (Å²) >= 11 is 5.07. The second-order valence-corrected chi connectivity index (χ2v) is 5.37. The molecule has 0 unspecified atom stereocenters. The molecule has 2 N–H and O–H groups in total. The first-order chi connectivity index (χ1) is 9.08. The van der Waals surface area contributed by atoms with E-state index in [9.17, 15) is 0 Å². The normalized spacial score (nSPS) is 10.9. The number of nitrogens with zero attached hydrogens (tertiary/aromatic N) is 1. The molecule has 100 valence electrons. The van der Waals surface area contributed by atoms with Gasteiger partial charge in [0.2, 0.25) is 5.88 Å². The van der Waals surface area contributed by atoms with Crippen molar-refractivity contribution in [2.24, 2.45) is 11.7 Å². The topological polar surface area (TPSA) is 48.1 Å². The zero-order chi connectivity index (χ0) is 13.8. The Morgan fingerprint density at radius 3 is 2.79 bits per heavy atom. The first-order valence-electron chi connectivity index (χ1n) is 6.40. The molecular formula is C15H18N2OS. The van der Waals surface area contributed by atoms with E-state index in [1.165, 1.54) is 0 Å². The molecule has 0 radical (unpaired) electrons. The van der Waals surface area contributed by atoms with Crippen LogP contribution in [0.25, 0.3) is 10.9 Å². The zero-order valence-electron chi connectivity index (χ0n) is 11.2. The maximum absolute atomic E-state index is 5.75. The van der Waals surface area contributed by atoms with Gasteiger partial charge in [0.1, 0.15) is 4.99 Å². The molecule has 1 heterocycles. The third-order valence-corrected chi connectivity index (χ3v) is 3.11. The number of para-hydroxylation sites is 1. The smallest absolute Gasteiger partial charge is 0.224 e. The summed E-state index contributed by atoms with van der Waals surface area (Å²) in [6, 6.07) is 9.80. The predicted molar refractivity (Wildman–Crippen MR) is 82.6 cm³/mol. The highest BCUT2D eigenvalue weighted by Gasteiger charge is 2.10. The lowest BCUT2D eigenvalue weighted by Gasteiger charge is -2.12. The molecule has 0 bridgehead atoms. The fourth-order valence-corrected chi connectivity index (χ4v) is 1.92. The Kier molecular flexibility index (Phi) is 4.32. The zero-order valence-corrected chi connectivity index (χ0v) is 12.0. The van der Waals surface area contributed by atoms with E-state index in [4.69, 9.17) is 22.7 Å². The van der Waals surface area contributed by atoms with E-state index < -0.39 is 0 Å². The van der Waals surface area contributed by atoms with E-state index in [1.807, 2.05) is 30.3 Å². The standard InChI is InChI=1S/C15H18N2OS/c1-10(2)7-8-18-15-12(14(16)19)9-11-5-3-4-6-13(11)17-15/h3-6,9-10H,7-8H2,1-2H3,(H2,16,19). The van der Waals surface area contributed by atoms with E-state index in [2.05, 4.69) is 18.8 Å². The van der Waals surface area contributed by atoms with Crippen molar-refractivity contribution >= 4 is 28.1 Å². The van der Waals surface area contributed by atoms with Gasteiger partial charge in [0.25, 0.3) is 0 Å². The molecule has 0 aliphatic rings. The molecule has 0 atom stereocenters. The Hall–Kier alpha value is -1.68. The van der Waals surface area contributed by atoms with Crippen LogP contribution in [0.2, 0.25) is 0 Å². The minimum Gasteiger partial charge on any atom is -0.477 e. The quantitative estimate of drug-likeness (QED) is 0.850. The van der Waals surface area contributed by atoms with Gasteiger partial charge >= 0.3 is 0 Å². The van der Waals surface area contributed by atoms with Crippen LogP contribution in [0.1, 0.15) is 25.8 Å². The third kappa shape index (κ3) is 3.41. The van der Waals surface area contributed by atoms with Crippen LogP contribution >= 0.6 is 12.2 Å². The average molecular weight is 274 g/mol. The number of aromatic nitrogens is 1. The average Bonchev–Trinajstić information content (AvgIpc) is 2.37. The van der Waals surface area contributed by atoms with Gasteiger partial charge < -0.3 is 10.5 Å². The Labute approximate surface area is 118 Å². The van der Waals surface area contributed by atoms with Crippen LogP contribution in [-0.4, -0.2) is 16.6 Å². The van der Waals surface area contributed by atoms with Crippen LogP contribution in [0.15, 0.2) is 30.3 Å². The van der Waals surface area contributed by atoms with Gasteiger partial charge in [0.05, 0.1) is 17.7 Å². The van der Waals surface area contributed by atoms with Crippen LogP contribution in [-0.2, 0) is 0 Å². The minimum absolute atomic E-state index is 0.317. The van der Waals surface area contributed by atoms with Crippen molar-refractivity contribution < 1.29 is 4.74 Å². The molecule has 19 heavy (non-hydrogen) atoms. The molecule has 0 fully saturated rings. The van der Waals surface area contributed by atoms with Crippen molar-refractivity contribution in [2.45, 2.75) is 20.3 Å². The Balaban J connectivity index is 2.33. The van der Waals surface area contributed by atoms with Crippen molar-refractivity contribution in [1.29, 1.82) is 0 Å². The lowest BCUT2D eigenvalue weighted by Crippen LogP contribution is -2.14. The van der Waals surface area contributed by atoms with Gasteiger partial charge in [0, 0.05) is 5.39 Å². The van der Waals surface area contributed by atoms with Gasteiger partial charge in [-0.05, 0) is 24.5 Å². The second-order valence-electron chi connectivity index (χ2n) is 4.93. The van der Waals surface area contributed by atoms with E-state index in [1.54, 1.807) is 0 Å². The van der Waals surface area contributed by atoms with E-state index >= 15 is 0 Å². The van der Waals surface area contributed by atoms with Gasteiger partial charge in [-0.2, -0.15) is 0 Å². The monoisotopic (exact) mass is 274 g/mol. The molecule has 2 aromatic rings. The molecule has 0 aliphatic heterocycles. The predicted octanol–water partition coefficient (Wildman–Crippen LogP) is 3.29. The summed E-state index contributed by atoms with van der Waals surface area (Å²) in [4.78, 5) is 4.82. The number of ether oxygens (including phenoxy) is 1. The SMILES string of the molecule is CC(C)CCOc1nc2ccccc2cc1C(N)=S. The summed E-state index contributed by atoms with van der Waals surface area (Å²) in [6.07, 6.45) is 0.977. The highest BCUT2D eigenvalue weighted by Crippen LogP contribution is 2.22. The van der Waals surface area contributed by atoms with Crippen LogP contribution in [0.4, 0.5) is 0 Å². The van der Waals surface area contributed by atoms with Gasteiger partial charge in [-0.1, -0.05) is 44.3 Å². The van der Waals surface area contributed by atoms with E-state index in [0.29, 0.717) is 29.0 Å². The summed E-state index contributed by atoms with van der Waals surface area (Å²) in [5.41, 5.74) is 7.35. The van der Waals surface area contributed by atoms with E-state index in [0.717, 1.165) is 17.3 Å². The molecule has 2 rings (SSSR count). The molecule has 0 amide bonds. The van der Waals surface area contributed by atoms with Crippen LogP contribution < -0.4 is 10.5 Å². The highest BCUT2D eigenvalue weighted by atomic mass is 32.1. The second kappa shape index (κ2) is 5.97. The molecule has 0 saturated heterocycles. The Bertz CT molecular complexity index is 596. The molecule has 1 aromatic carbocycles. The van der Waals surface area contributed by atoms with Crippen LogP contribution in [0.3, 0.4) is 0 Å². The van der Waals surface area contributed by atoms with Gasteiger partial charge in [-0.3, -0.25) is 0 Å². The van der Waals surface area contributed by atoms with Gasteiger partial charge in [-0.25, -0.2) is 4.98 Å². The van der Waals surface area contributed by atoms with Crippen molar-refractivity contribution in [1.82, 2.24) is 4.98 Å². The summed E-state index contributed by atoms with van der Waals surface area (Å²) < 4.78 is 5.74. The molecule has 0 saturated carbocycles. The summed E-state index contributed by atoms with van der Waals surface area (Å²) in [5.74, 6) is 1.13. The number of hydrogen-bond donors (Lipinski definition) is 1. The molecule has 1 aromatic heterocycles. The van der Waals surface area contributed by atoms with Crippen molar-refractivity contribution in [2.75, 3.05) is 6.61 Å². The molecule has 4 heteroatoms. The molecule has 0 aliphatic carbocycles. The first kappa shape index (κ1) is 13.7. The van der Waals surface area contributed by atoms with Gasteiger partial charge in [0.15, 0.2) is 0 Å². The number of pyridine rings is 1. The van der Waals surface area contributed by atoms with Crippen molar-refractivity contribution in [3.05, 3.63) is 35.9 Å². The third-order valence-electron chi connectivity index (χ3n) is 2.89. The van der Waals surface area contributed by atoms with Crippen LogP contribution in [0.5, 0.6) is 5.88 Å². The first-order valence-corrected chi connectivity index (χ1v) is 6.81.